The number of β-amino-alcohol motifs (C(OH)–C–C–N with tert-alkyl or cyclic N) is 1. The number of carbonyl (C=O) groups is 1. The summed E-state index contributed by atoms with van der Waals surface area (Å²) < 4.78 is 12.8. The normalized spacial score (nSPS) is 20.8. The van der Waals surface area contributed by atoms with E-state index in [2.05, 4.69) is 22.0 Å². The van der Waals surface area contributed by atoms with Crippen LogP contribution >= 0.6 is 0 Å². The number of hydrogen-bond donors (Lipinski definition) is 2. The highest BCUT2D eigenvalue weighted by Crippen LogP contribution is 2.09. The third-order valence-corrected chi connectivity index (χ3v) is 4.36. The predicted octanol–water partition coefficient (Wildman–Crippen LogP) is 0.871. The molecule has 0 unspecified atom stereocenters. The zero-order valence-electron chi connectivity index (χ0n) is 14.5. The zero-order chi connectivity index (χ0) is 17.5. The molecule has 0 radical (unpaired) electrons. The standard InChI is InChI=1S/C18H28FN3O2/c1-14-11-21(9-10-22(14)12-15(2)23)13-18(24)20-8-7-16-3-5-17(19)6-4-16/h3-6,14-15,23H,7-13H2,1-2H3,(H,20,24)/t14-,15-/m0/s1. The van der Waals surface area contributed by atoms with Gasteiger partial charge in [0.15, 0.2) is 0 Å². The first-order valence-electron chi connectivity index (χ1n) is 8.59. The van der Waals surface area contributed by atoms with Gasteiger partial charge < -0.3 is 10.4 Å². The summed E-state index contributed by atoms with van der Waals surface area (Å²) in [5.74, 6) is -0.222. The van der Waals surface area contributed by atoms with Gasteiger partial charge >= 0.3 is 0 Å². The average Bonchev–Trinajstić information content (AvgIpc) is 2.51. The van der Waals surface area contributed by atoms with E-state index in [4.69, 9.17) is 0 Å². The minimum atomic E-state index is -0.325. The Balaban J connectivity index is 1.66. The Morgan fingerprint density at radius 1 is 1.38 bits per heavy atom. The number of carbonyl (C=O) groups excluding carboxylic acids is 1. The molecule has 1 heterocycles. The molecule has 1 aliphatic rings. The van der Waals surface area contributed by atoms with Gasteiger partial charge in [-0.25, -0.2) is 4.39 Å². The van der Waals surface area contributed by atoms with Crippen LogP contribution in [0, 0.1) is 5.82 Å². The molecular formula is C18H28FN3O2. The van der Waals surface area contributed by atoms with Crippen LogP contribution in [0.5, 0.6) is 0 Å². The average molecular weight is 337 g/mol. The molecule has 2 N–H and O–H groups in total. The number of hydrogen-bond acceptors (Lipinski definition) is 4. The van der Waals surface area contributed by atoms with Crippen molar-refractivity contribution in [2.75, 3.05) is 39.3 Å². The van der Waals surface area contributed by atoms with E-state index in [0.717, 1.165) is 25.2 Å². The molecule has 0 aliphatic carbocycles. The minimum Gasteiger partial charge on any atom is -0.392 e. The molecule has 1 aromatic carbocycles. The Morgan fingerprint density at radius 3 is 2.71 bits per heavy atom. The first-order valence-corrected chi connectivity index (χ1v) is 8.59. The number of amides is 1. The summed E-state index contributed by atoms with van der Waals surface area (Å²) in [6, 6.07) is 6.69. The fraction of sp³-hybridized carbons (Fsp3) is 0.611. The van der Waals surface area contributed by atoms with E-state index in [9.17, 15) is 14.3 Å². The Labute approximate surface area is 143 Å². The molecule has 1 amide bonds. The third-order valence-electron chi connectivity index (χ3n) is 4.36. The van der Waals surface area contributed by atoms with E-state index in [1.165, 1.54) is 12.1 Å². The van der Waals surface area contributed by atoms with Gasteiger partial charge in [-0.2, -0.15) is 0 Å². The van der Waals surface area contributed by atoms with Crippen molar-refractivity contribution in [2.45, 2.75) is 32.4 Å². The predicted molar refractivity (Wildman–Crippen MR) is 92.3 cm³/mol. The molecule has 134 valence electrons. The number of benzene rings is 1. The lowest BCUT2D eigenvalue weighted by atomic mass is 10.1. The van der Waals surface area contributed by atoms with Gasteiger partial charge in [0.2, 0.25) is 5.91 Å². The molecule has 5 nitrogen and oxygen atoms in total. The summed E-state index contributed by atoms with van der Waals surface area (Å²) in [5, 5.41) is 12.4. The van der Waals surface area contributed by atoms with Crippen LogP contribution in [-0.4, -0.2) is 72.2 Å². The Bertz CT molecular complexity index is 522. The van der Waals surface area contributed by atoms with Crippen LogP contribution in [0.1, 0.15) is 19.4 Å². The first kappa shape index (κ1) is 18.8. The lowest BCUT2D eigenvalue weighted by Crippen LogP contribution is -2.55. The van der Waals surface area contributed by atoms with Crippen LogP contribution in [0.3, 0.4) is 0 Å². The van der Waals surface area contributed by atoms with Crippen LogP contribution < -0.4 is 5.32 Å². The second-order valence-corrected chi connectivity index (χ2v) is 6.65. The van der Waals surface area contributed by atoms with E-state index in [0.29, 0.717) is 32.1 Å². The highest BCUT2D eigenvalue weighted by atomic mass is 19.1. The van der Waals surface area contributed by atoms with E-state index in [-0.39, 0.29) is 17.8 Å². The number of rotatable bonds is 7. The van der Waals surface area contributed by atoms with Crippen molar-refractivity contribution in [2.24, 2.45) is 0 Å². The Kier molecular flexibility index (Phi) is 7.15. The molecule has 2 rings (SSSR count). The quantitative estimate of drug-likeness (QED) is 0.775. The first-order chi connectivity index (χ1) is 11.4. The van der Waals surface area contributed by atoms with Gasteiger partial charge in [0.05, 0.1) is 12.6 Å². The largest absolute Gasteiger partial charge is 0.392 e. The summed E-state index contributed by atoms with van der Waals surface area (Å²) >= 11 is 0. The number of halogens is 1. The van der Waals surface area contributed by atoms with Crippen LogP contribution in [0.15, 0.2) is 24.3 Å². The van der Waals surface area contributed by atoms with Gasteiger partial charge in [0.25, 0.3) is 0 Å². The smallest absolute Gasteiger partial charge is 0.234 e. The third kappa shape index (κ3) is 6.19. The molecule has 0 saturated carbocycles. The molecule has 0 bridgehead atoms. The summed E-state index contributed by atoms with van der Waals surface area (Å²) in [6.45, 7) is 8.10. The highest BCUT2D eigenvalue weighted by molar-refractivity contribution is 5.78. The van der Waals surface area contributed by atoms with Crippen molar-refractivity contribution in [3.05, 3.63) is 35.6 Å². The maximum atomic E-state index is 12.8. The fourth-order valence-corrected chi connectivity index (χ4v) is 3.08. The monoisotopic (exact) mass is 337 g/mol. The maximum Gasteiger partial charge on any atom is 0.234 e. The van der Waals surface area contributed by atoms with E-state index >= 15 is 0 Å². The van der Waals surface area contributed by atoms with Gasteiger partial charge in [-0.05, 0) is 38.0 Å². The minimum absolute atomic E-state index is 0.0216. The summed E-state index contributed by atoms with van der Waals surface area (Å²) in [4.78, 5) is 16.5. The molecule has 2 atom stereocenters. The number of nitrogens with one attached hydrogen (secondary N) is 1. The van der Waals surface area contributed by atoms with Crippen LogP contribution in [0.4, 0.5) is 4.39 Å². The summed E-state index contributed by atoms with van der Waals surface area (Å²) in [5.41, 5.74) is 1.01. The number of aliphatic hydroxyl groups is 1. The molecule has 1 aliphatic heterocycles. The molecule has 24 heavy (non-hydrogen) atoms. The number of nitrogens with zero attached hydrogens (tertiary/aromatic N) is 2. The molecular weight excluding hydrogens is 309 g/mol. The van der Waals surface area contributed by atoms with Crippen molar-refractivity contribution in [1.29, 1.82) is 0 Å². The summed E-state index contributed by atoms with van der Waals surface area (Å²) in [7, 11) is 0. The van der Waals surface area contributed by atoms with Crippen LogP contribution in [0.2, 0.25) is 0 Å². The molecule has 1 aromatic rings. The molecule has 0 aromatic heterocycles. The van der Waals surface area contributed by atoms with Crippen molar-refractivity contribution in [1.82, 2.24) is 15.1 Å². The Hall–Kier alpha value is -1.50. The van der Waals surface area contributed by atoms with Crippen molar-refractivity contribution < 1.29 is 14.3 Å². The molecule has 1 saturated heterocycles. The zero-order valence-corrected chi connectivity index (χ0v) is 14.5. The second kappa shape index (κ2) is 9.11. The molecule has 1 fully saturated rings. The molecule has 0 spiro atoms. The SMILES string of the molecule is C[C@H](O)CN1CCN(CC(=O)NCCc2ccc(F)cc2)C[C@@H]1C. The van der Waals surface area contributed by atoms with Crippen LogP contribution in [0.25, 0.3) is 0 Å². The van der Waals surface area contributed by atoms with Gasteiger partial charge in [0, 0.05) is 38.8 Å². The van der Waals surface area contributed by atoms with E-state index in [1.54, 1.807) is 19.1 Å². The van der Waals surface area contributed by atoms with E-state index < -0.39 is 0 Å². The Morgan fingerprint density at radius 2 is 2.08 bits per heavy atom. The van der Waals surface area contributed by atoms with Gasteiger partial charge in [-0.1, -0.05) is 12.1 Å². The molecule has 6 heteroatoms. The fourth-order valence-electron chi connectivity index (χ4n) is 3.08. The summed E-state index contributed by atoms with van der Waals surface area (Å²) in [6.07, 6.45) is 0.374. The lowest BCUT2D eigenvalue weighted by Gasteiger charge is -2.40. The van der Waals surface area contributed by atoms with E-state index in [1.807, 2.05) is 0 Å². The van der Waals surface area contributed by atoms with Crippen molar-refractivity contribution >= 4 is 5.91 Å². The second-order valence-electron chi connectivity index (χ2n) is 6.65. The maximum absolute atomic E-state index is 12.8. The van der Waals surface area contributed by atoms with Gasteiger partial charge in [-0.15, -0.1) is 0 Å². The topological polar surface area (TPSA) is 55.8 Å². The van der Waals surface area contributed by atoms with Crippen LogP contribution in [-0.2, 0) is 11.2 Å². The highest BCUT2D eigenvalue weighted by Gasteiger charge is 2.25. The lowest BCUT2D eigenvalue weighted by molar-refractivity contribution is -0.123. The van der Waals surface area contributed by atoms with Gasteiger partial charge in [0.1, 0.15) is 5.82 Å². The number of piperazine rings is 1. The van der Waals surface area contributed by atoms with Crippen molar-refractivity contribution in [3.63, 3.8) is 0 Å². The van der Waals surface area contributed by atoms with Gasteiger partial charge in [-0.3, -0.25) is 14.6 Å². The number of aliphatic hydroxyl groups excluding tert-OH is 1. The van der Waals surface area contributed by atoms with Crippen molar-refractivity contribution in [3.8, 4) is 0 Å².